The van der Waals surface area contributed by atoms with Crippen molar-refractivity contribution in [1.29, 1.82) is 0 Å². The summed E-state index contributed by atoms with van der Waals surface area (Å²) in [5.74, 6) is 0.192. The maximum Gasteiger partial charge on any atom is 0.321 e. The van der Waals surface area contributed by atoms with Gasteiger partial charge in [0.1, 0.15) is 0 Å². The van der Waals surface area contributed by atoms with Gasteiger partial charge in [-0.25, -0.2) is 4.79 Å². The molecule has 2 rings (SSSR count). The lowest BCUT2D eigenvalue weighted by Gasteiger charge is -2.31. The van der Waals surface area contributed by atoms with E-state index in [1.807, 2.05) is 31.3 Å². The average molecular weight is 319 g/mol. The molecule has 0 bridgehead atoms. The monoisotopic (exact) mass is 319 g/mol. The van der Waals surface area contributed by atoms with Crippen LogP contribution in [0.25, 0.3) is 0 Å². The molecule has 5 nitrogen and oxygen atoms in total. The molecule has 1 saturated carbocycles. The Kier molecular flexibility index (Phi) is 6.28. The molecule has 2 atom stereocenters. The maximum absolute atomic E-state index is 12.4. The van der Waals surface area contributed by atoms with E-state index in [4.69, 9.17) is 0 Å². The average Bonchev–Trinajstić information content (AvgIpc) is 2.56. The SMILES string of the molecule is CCN(C)c1cccc(NC(=O)N(C)CC2CCCCC2O)c1. The molecule has 1 aliphatic rings. The molecule has 0 aromatic heterocycles. The number of nitrogens with one attached hydrogen (secondary N) is 1. The van der Waals surface area contributed by atoms with Crippen molar-refractivity contribution in [3.05, 3.63) is 24.3 Å². The third-order valence-corrected chi connectivity index (χ3v) is 4.74. The molecule has 1 aromatic rings. The molecule has 128 valence electrons. The Hall–Kier alpha value is -1.75. The summed E-state index contributed by atoms with van der Waals surface area (Å²) < 4.78 is 0. The van der Waals surface area contributed by atoms with Crippen LogP contribution in [0.5, 0.6) is 0 Å². The van der Waals surface area contributed by atoms with Gasteiger partial charge in [-0.05, 0) is 38.0 Å². The van der Waals surface area contributed by atoms with E-state index < -0.39 is 0 Å². The van der Waals surface area contributed by atoms with Crippen molar-refractivity contribution in [3.8, 4) is 0 Å². The van der Waals surface area contributed by atoms with E-state index >= 15 is 0 Å². The summed E-state index contributed by atoms with van der Waals surface area (Å²) in [5, 5.41) is 13.0. The number of anilines is 2. The highest BCUT2D eigenvalue weighted by atomic mass is 16.3. The third-order valence-electron chi connectivity index (χ3n) is 4.74. The molecule has 1 fully saturated rings. The van der Waals surface area contributed by atoms with Crippen LogP contribution in [0.1, 0.15) is 32.6 Å². The van der Waals surface area contributed by atoms with E-state index in [1.54, 1.807) is 11.9 Å². The number of hydrogen-bond donors (Lipinski definition) is 2. The van der Waals surface area contributed by atoms with E-state index in [2.05, 4.69) is 17.1 Å². The zero-order valence-corrected chi connectivity index (χ0v) is 14.5. The van der Waals surface area contributed by atoms with Crippen LogP contribution in [0.4, 0.5) is 16.2 Å². The van der Waals surface area contributed by atoms with E-state index in [0.717, 1.165) is 43.6 Å². The van der Waals surface area contributed by atoms with Crippen LogP contribution in [0.2, 0.25) is 0 Å². The van der Waals surface area contributed by atoms with Crippen molar-refractivity contribution >= 4 is 17.4 Å². The molecule has 2 N–H and O–H groups in total. The minimum absolute atomic E-state index is 0.126. The molecule has 1 aromatic carbocycles. The van der Waals surface area contributed by atoms with Crippen LogP contribution in [0, 0.1) is 5.92 Å². The first-order chi connectivity index (χ1) is 11.0. The molecule has 1 aliphatic carbocycles. The fourth-order valence-corrected chi connectivity index (χ4v) is 3.06. The van der Waals surface area contributed by atoms with Gasteiger partial charge >= 0.3 is 6.03 Å². The van der Waals surface area contributed by atoms with Crippen LogP contribution in [0.3, 0.4) is 0 Å². The summed E-state index contributed by atoms with van der Waals surface area (Å²) >= 11 is 0. The Bertz CT molecular complexity index is 521. The fourth-order valence-electron chi connectivity index (χ4n) is 3.06. The Morgan fingerprint density at radius 2 is 2.04 bits per heavy atom. The number of carbonyl (C=O) groups is 1. The van der Waals surface area contributed by atoms with Gasteiger partial charge in [0.15, 0.2) is 0 Å². The predicted octanol–water partition coefficient (Wildman–Crippen LogP) is 3.16. The summed E-state index contributed by atoms with van der Waals surface area (Å²) in [6.45, 7) is 3.60. The minimum atomic E-state index is -0.277. The molecule has 0 radical (unpaired) electrons. The number of urea groups is 1. The number of aliphatic hydroxyl groups is 1. The molecule has 2 unspecified atom stereocenters. The van der Waals surface area contributed by atoms with Crippen LogP contribution in [-0.2, 0) is 0 Å². The van der Waals surface area contributed by atoms with Crippen LogP contribution in [-0.4, -0.2) is 49.3 Å². The second-order valence-electron chi connectivity index (χ2n) is 6.49. The normalized spacial score (nSPS) is 20.9. The standard InChI is InChI=1S/C18H29N3O2/c1-4-20(2)16-10-7-9-15(12-16)19-18(23)21(3)13-14-8-5-6-11-17(14)22/h7,9-10,12,14,17,22H,4-6,8,11,13H2,1-3H3,(H,19,23). The number of rotatable bonds is 5. The van der Waals surface area contributed by atoms with Crippen LogP contribution >= 0.6 is 0 Å². The van der Waals surface area contributed by atoms with Gasteiger partial charge in [-0.2, -0.15) is 0 Å². The van der Waals surface area contributed by atoms with Crippen molar-refractivity contribution < 1.29 is 9.90 Å². The molecule has 2 amide bonds. The van der Waals surface area contributed by atoms with Gasteiger partial charge in [0.25, 0.3) is 0 Å². The van der Waals surface area contributed by atoms with Crippen molar-refractivity contribution in [2.75, 3.05) is 37.4 Å². The highest BCUT2D eigenvalue weighted by Crippen LogP contribution is 2.25. The molecule has 0 saturated heterocycles. The van der Waals surface area contributed by atoms with E-state index in [9.17, 15) is 9.90 Å². The van der Waals surface area contributed by atoms with Gasteiger partial charge in [0, 0.05) is 44.5 Å². The smallest absolute Gasteiger partial charge is 0.321 e. The molecule has 23 heavy (non-hydrogen) atoms. The largest absolute Gasteiger partial charge is 0.393 e. The van der Waals surface area contributed by atoms with Gasteiger partial charge in [0.05, 0.1) is 6.10 Å². The molecule has 0 aliphatic heterocycles. The van der Waals surface area contributed by atoms with Gasteiger partial charge in [0.2, 0.25) is 0 Å². The number of benzene rings is 1. The highest BCUT2D eigenvalue weighted by molar-refractivity contribution is 5.89. The van der Waals surface area contributed by atoms with Crippen LogP contribution < -0.4 is 10.2 Å². The first kappa shape index (κ1) is 17.6. The van der Waals surface area contributed by atoms with Crippen molar-refractivity contribution in [3.63, 3.8) is 0 Å². The Morgan fingerprint density at radius 3 is 2.74 bits per heavy atom. The maximum atomic E-state index is 12.4. The summed E-state index contributed by atoms with van der Waals surface area (Å²) in [6.07, 6.45) is 3.80. The fraction of sp³-hybridized carbons (Fsp3) is 0.611. The van der Waals surface area contributed by atoms with Gasteiger partial charge in [-0.3, -0.25) is 0 Å². The van der Waals surface area contributed by atoms with Gasteiger partial charge in [-0.1, -0.05) is 18.9 Å². The summed E-state index contributed by atoms with van der Waals surface area (Å²) in [7, 11) is 3.82. The summed E-state index contributed by atoms with van der Waals surface area (Å²) in [5.41, 5.74) is 1.87. The summed E-state index contributed by atoms with van der Waals surface area (Å²) in [4.78, 5) is 16.2. The number of aliphatic hydroxyl groups excluding tert-OH is 1. The Morgan fingerprint density at radius 1 is 1.30 bits per heavy atom. The first-order valence-electron chi connectivity index (χ1n) is 8.52. The van der Waals surface area contributed by atoms with E-state index in [-0.39, 0.29) is 18.1 Å². The second-order valence-corrected chi connectivity index (χ2v) is 6.49. The second kappa shape index (κ2) is 8.20. The van der Waals surface area contributed by atoms with Crippen molar-refractivity contribution in [2.24, 2.45) is 5.92 Å². The van der Waals surface area contributed by atoms with Crippen molar-refractivity contribution in [2.45, 2.75) is 38.7 Å². The lowest BCUT2D eigenvalue weighted by Crippen LogP contribution is -2.40. The lowest BCUT2D eigenvalue weighted by molar-refractivity contribution is 0.0575. The Labute approximate surface area is 139 Å². The topological polar surface area (TPSA) is 55.8 Å². The lowest BCUT2D eigenvalue weighted by atomic mass is 9.86. The third kappa shape index (κ3) is 4.86. The first-order valence-corrected chi connectivity index (χ1v) is 8.52. The number of nitrogens with zero attached hydrogens (tertiary/aromatic N) is 2. The molecular formula is C18H29N3O2. The minimum Gasteiger partial charge on any atom is -0.393 e. The zero-order valence-electron chi connectivity index (χ0n) is 14.5. The van der Waals surface area contributed by atoms with Crippen LogP contribution in [0.15, 0.2) is 24.3 Å². The molecular weight excluding hydrogens is 290 g/mol. The van der Waals surface area contributed by atoms with E-state index in [0.29, 0.717) is 6.54 Å². The predicted molar refractivity (Wildman–Crippen MR) is 95.0 cm³/mol. The van der Waals surface area contributed by atoms with Gasteiger partial charge < -0.3 is 20.2 Å². The van der Waals surface area contributed by atoms with Gasteiger partial charge in [-0.15, -0.1) is 0 Å². The number of hydrogen-bond acceptors (Lipinski definition) is 3. The Balaban J connectivity index is 1.92. The quantitative estimate of drug-likeness (QED) is 0.876. The molecule has 0 spiro atoms. The number of carbonyl (C=O) groups excluding carboxylic acids is 1. The highest BCUT2D eigenvalue weighted by Gasteiger charge is 2.25. The molecule has 0 heterocycles. The summed E-state index contributed by atoms with van der Waals surface area (Å²) in [6, 6.07) is 7.72. The van der Waals surface area contributed by atoms with E-state index in [1.165, 1.54) is 0 Å². The van der Waals surface area contributed by atoms with Crippen molar-refractivity contribution in [1.82, 2.24) is 4.90 Å². The number of amides is 2. The molecule has 5 heteroatoms. The zero-order chi connectivity index (χ0) is 16.8.